The standard InChI is InChI=1S/C10H10O4/c1-12-7-5-3-4-6-8(7)10(13-2)14-9(6)11/h3-6H,1-2H3. The molecule has 2 aliphatic rings. The minimum Gasteiger partial charge on any atom is -0.496 e. The van der Waals surface area contributed by atoms with Crippen LogP contribution in [0.3, 0.4) is 0 Å². The number of allylic oxidation sites excluding steroid dienone is 3. The van der Waals surface area contributed by atoms with E-state index in [-0.39, 0.29) is 17.8 Å². The van der Waals surface area contributed by atoms with E-state index < -0.39 is 0 Å². The second-order valence-electron chi connectivity index (χ2n) is 2.92. The van der Waals surface area contributed by atoms with Gasteiger partial charge in [-0.2, -0.15) is 0 Å². The molecule has 1 heterocycles. The Balaban J connectivity index is 2.45. The molecule has 4 heteroatoms. The molecule has 1 aliphatic heterocycles. The van der Waals surface area contributed by atoms with Gasteiger partial charge >= 0.3 is 5.97 Å². The highest BCUT2D eigenvalue weighted by molar-refractivity contribution is 5.84. The third kappa shape index (κ3) is 1.11. The maximum atomic E-state index is 11.4. The lowest BCUT2D eigenvalue weighted by Gasteiger charge is -2.12. The average Bonchev–Trinajstić information content (AvgIpc) is 2.56. The molecule has 0 amide bonds. The summed E-state index contributed by atoms with van der Waals surface area (Å²) in [6.45, 7) is 0. The molecule has 0 radical (unpaired) electrons. The van der Waals surface area contributed by atoms with Gasteiger partial charge in [0.25, 0.3) is 5.95 Å². The molecule has 0 aromatic heterocycles. The zero-order chi connectivity index (χ0) is 10.1. The van der Waals surface area contributed by atoms with Crippen molar-refractivity contribution in [2.24, 2.45) is 5.92 Å². The molecular formula is C10H10O4. The zero-order valence-electron chi connectivity index (χ0n) is 7.94. The Labute approximate surface area is 81.4 Å². The van der Waals surface area contributed by atoms with E-state index >= 15 is 0 Å². The molecule has 1 aliphatic carbocycles. The van der Waals surface area contributed by atoms with Crippen LogP contribution in [0.15, 0.2) is 35.5 Å². The molecule has 0 saturated carbocycles. The van der Waals surface area contributed by atoms with Crippen molar-refractivity contribution < 1.29 is 19.0 Å². The van der Waals surface area contributed by atoms with Crippen molar-refractivity contribution >= 4 is 5.97 Å². The van der Waals surface area contributed by atoms with Crippen LogP contribution in [0.25, 0.3) is 0 Å². The van der Waals surface area contributed by atoms with Crippen LogP contribution in [0.5, 0.6) is 0 Å². The second-order valence-corrected chi connectivity index (χ2v) is 2.92. The van der Waals surface area contributed by atoms with E-state index in [0.29, 0.717) is 11.3 Å². The number of hydrogen-bond acceptors (Lipinski definition) is 4. The summed E-state index contributed by atoms with van der Waals surface area (Å²) in [6, 6.07) is 0. The van der Waals surface area contributed by atoms with E-state index in [9.17, 15) is 4.79 Å². The molecule has 0 N–H and O–H groups in total. The second kappa shape index (κ2) is 3.21. The van der Waals surface area contributed by atoms with Gasteiger partial charge in [0, 0.05) is 0 Å². The van der Waals surface area contributed by atoms with Crippen LogP contribution in [0.4, 0.5) is 0 Å². The molecule has 1 unspecified atom stereocenters. The van der Waals surface area contributed by atoms with E-state index in [0.717, 1.165) is 0 Å². The fraction of sp³-hybridized carbons (Fsp3) is 0.300. The fourth-order valence-electron chi connectivity index (χ4n) is 1.56. The lowest BCUT2D eigenvalue weighted by molar-refractivity contribution is -0.142. The van der Waals surface area contributed by atoms with Gasteiger partial charge < -0.3 is 14.2 Å². The van der Waals surface area contributed by atoms with Crippen LogP contribution in [0.2, 0.25) is 0 Å². The first-order chi connectivity index (χ1) is 6.77. The monoisotopic (exact) mass is 194 g/mol. The Morgan fingerprint density at radius 3 is 2.79 bits per heavy atom. The largest absolute Gasteiger partial charge is 0.496 e. The minimum atomic E-state index is -0.384. The molecule has 0 aromatic carbocycles. The highest BCUT2D eigenvalue weighted by Gasteiger charge is 2.39. The number of carbonyl (C=O) groups is 1. The van der Waals surface area contributed by atoms with Gasteiger partial charge in [-0.25, -0.2) is 0 Å². The number of cyclic esters (lactones) is 1. The van der Waals surface area contributed by atoms with E-state index in [2.05, 4.69) is 0 Å². The number of esters is 1. The molecule has 4 nitrogen and oxygen atoms in total. The number of fused-ring (bicyclic) bond motifs is 1. The first kappa shape index (κ1) is 8.87. The molecule has 74 valence electrons. The van der Waals surface area contributed by atoms with Gasteiger partial charge in [-0.3, -0.25) is 4.79 Å². The summed E-state index contributed by atoms with van der Waals surface area (Å²) < 4.78 is 15.0. The Morgan fingerprint density at radius 2 is 2.14 bits per heavy atom. The fourth-order valence-corrected chi connectivity index (χ4v) is 1.56. The Hall–Kier alpha value is -1.71. The SMILES string of the molecule is COC1=CC=CC2C(=O)OC(OC)=C12. The lowest BCUT2D eigenvalue weighted by Crippen LogP contribution is -2.12. The van der Waals surface area contributed by atoms with Gasteiger partial charge in [0.15, 0.2) is 0 Å². The minimum absolute atomic E-state index is 0.234. The maximum absolute atomic E-state index is 11.4. The molecule has 0 saturated heterocycles. The Morgan fingerprint density at radius 1 is 1.36 bits per heavy atom. The summed E-state index contributed by atoms with van der Waals surface area (Å²) in [5.41, 5.74) is 0.669. The quantitative estimate of drug-likeness (QED) is 0.618. The highest BCUT2D eigenvalue weighted by Crippen LogP contribution is 2.36. The van der Waals surface area contributed by atoms with Gasteiger partial charge in [-0.15, -0.1) is 0 Å². The van der Waals surface area contributed by atoms with Crippen LogP contribution in [-0.4, -0.2) is 20.2 Å². The molecule has 0 fully saturated rings. The first-order valence-corrected chi connectivity index (χ1v) is 4.20. The third-order valence-electron chi connectivity index (χ3n) is 2.20. The van der Waals surface area contributed by atoms with Crippen LogP contribution in [0, 0.1) is 5.92 Å². The van der Waals surface area contributed by atoms with Crippen molar-refractivity contribution in [1.29, 1.82) is 0 Å². The first-order valence-electron chi connectivity index (χ1n) is 4.20. The van der Waals surface area contributed by atoms with Crippen molar-refractivity contribution in [2.75, 3.05) is 14.2 Å². The highest BCUT2D eigenvalue weighted by atomic mass is 16.7. The van der Waals surface area contributed by atoms with E-state index in [1.165, 1.54) is 7.11 Å². The predicted octanol–water partition coefficient (Wildman–Crippen LogP) is 1.12. The van der Waals surface area contributed by atoms with Crippen LogP contribution >= 0.6 is 0 Å². The Bertz CT molecular complexity index is 362. The number of methoxy groups -OCH3 is 2. The van der Waals surface area contributed by atoms with Crippen molar-refractivity contribution in [3.63, 3.8) is 0 Å². The van der Waals surface area contributed by atoms with Gasteiger partial charge in [0.1, 0.15) is 11.7 Å². The molecule has 2 rings (SSSR count). The summed E-state index contributed by atoms with van der Waals surface area (Å²) in [5.74, 6) is 0.137. The Kier molecular flexibility index (Phi) is 2.04. The smallest absolute Gasteiger partial charge is 0.325 e. The summed E-state index contributed by atoms with van der Waals surface area (Å²) in [5, 5.41) is 0. The topological polar surface area (TPSA) is 44.8 Å². The number of rotatable bonds is 2. The molecular weight excluding hydrogens is 184 g/mol. The van der Waals surface area contributed by atoms with E-state index in [1.807, 2.05) is 0 Å². The third-order valence-corrected chi connectivity index (χ3v) is 2.20. The van der Waals surface area contributed by atoms with Gasteiger partial charge in [0.2, 0.25) is 0 Å². The molecule has 0 bridgehead atoms. The zero-order valence-corrected chi connectivity index (χ0v) is 7.94. The lowest BCUT2D eigenvalue weighted by atomic mass is 9.95. The van der Waals surface area contributed by atoms with Crippen molar-refractivity contribution in [3.8, 4) is 0 Å². The van der Waals surface area contributed by atoms with Crippen molar-refractivity contribution in [3.05, 3.63) is 35.5 Å². The summed E-state index contributed by atoms with van der Waals surface area (Å²) in [7, 11) is 3.01. The van der Waals surface area contributed by atoms with Gasteiger partial charge in [0.05, 0.1) is 19.8 Å². The number of ether oxygens (including phenoxy) is 3. The van der Waals surface area contributed by atoms with Crippen LogP contribution in [-0.2, 0) is 19.0 Å². The maximum Gasteiger partial charge on any atom is 0.325 e. The van der Waals surface area contributed by atoms with Crippen LogP contribution < -0.4 is 0 Å². The van der Waals surface area contributed by atoms with Crippen molar-refractivity contribution in [2.45, 2.75) is 0 Å². The van der Waals surface area contributed by atoms with Crippen LogP contribution in [0.1, 0.15) is 0 Å². The van der Waals surface area contributed by atoms with Crippen molar-refractivity contribution in [1.82, 2.24) is 0 Å². The van der Waals surface area contributed by atoms with E-state index in [1.54, 1.807) is 25.3 Å². The predicted molar refractivity (Wildman–Crippen MR) is 47.8 cm³/mol. The number of hydrogen-bond donors (Lipinski definition) is 0. The summed E-state index contributed by atoms with van der Waals surface area (Å²) >= 11 is 0. The van der Waals surface area contributed by atoms with Gasteiger partial charge in [-0.1, -0.05) is 12.2 Å². The van der Waals surface area contributed by atoms with Gasteiger partial charge in [-0.05, 0) is 6.08 Å². The molecule has 0 aromatic rings. The number of carbonyl (C=O) groups excluding carboxylic acids is 1. The normalized spacial score (nSPS) is 24.3. The van der Waals surface area contributed by atoms with E-state index in [4.69, 9.17) is 14.2 Å². The average molecular weight is 194 g/mol. The summed E-state index contributed by atoms with van der Waals surface area (Å²) in [4.78, 5) is 11.4. The molecule has 0 spiro atoms. The summed E-state index contributed by atoms with van der Waals surface area (Å²) in [6.07, 6.45) is 5.30. The molecule has 14 heavy (non-hydrogen) atoms. The molecule has 1 atom stereocenters.